The Labute approximate surface area is 138 Å². The van der Waals surface area contributed by atoms with E-state index in [0.717, 1.165) is 14.2 Å². The van der Waals surface area contributed by atoms with E-state index in [9.17, 15) is 31.5 Å². The van der Waals surface area contributed by atoms with Gasteiger partial charge < -0.3 is 14.2 Å². The quantitative estimate of drug-likeness (QED) is 0.565. The Morgan fingerprint density at radius 2 is 1.60 bits per heavy atom. The van der Waals surface area contributed by atoms with Crippen LogP contribution < -0.4 is 0 Å². The molecule has 0 fully saturated rings. The molecule has 0 N–H and O–H groups in total. The number of nitrogens with zero attached hydrogens (tertiary/aromatic N) is 1. The van der Waals surface area contributed by atoms with Crippen molar-refractivity contribution >= 4 is 11.9 Å². The van der Waals surface area contributed by atoms with Gasteiger partial charge in [0, 0.05) is 12.2 Å². The number of alkyl halides is 5. The van der Waals surface area contributed by atoms with Gasteiger partial charge in [0.15, 0.2) is 5.69 Å². The molecule has 1 heterocycles. The van der Waals surface area contributed by atoms with Crippen molar-refractivity contribution < 1.29 is 45.8 Å². The van der Waals surface area contributed by atoms with Crippen LogP contribution in [0.15, 0.2) is 0 Å². The van der Waals surface area contributed by atoms with E-state index in [1.165, 1.54) is 6.92 Å². The lowest BCUT2D eigenvalue weighted by molar-refractivity contribution is -0.142. The normalized spacial score (nSPS) is 11.6. The van der Waals surface area contributed by atoms with Crippen LogP contribution in [0.2, 0.25) is 0 Å². The maximum Gasteiger partial charge on any atom is 0.434 e. The second-order valence-electron chi connectivity index (χ2n) is 4.49. The van der Waals surface area contributed by atoms with Gasteiger partial charge in [-0.05, 0) is 6.92 Å². The smallest absolute Gasteiger partial charge is 0.434 e. The first-order valence-electron chi connectivity index (χ1n) is 6.76. The Morgan fingerprint density at radius 3 is 2.00 bits per heavy atom. The molecule has 0 amide bonds. The minimum atomic E-state index is -5.25. The van der Waals surface area contributed by atoms with Crippen LogP contribution in [-0.2, 0) is 27.0 Å². The fourth-order valence-electron chi connectivity index (χ4n) is 2.02. The highest BCUT2D eigenvalue weighted by atomic mass is 19.4. The number of aromatic nitrogens is 1. The highest BCUT2D eigenvalue weighted by Gasteiger charge is 2.43. The molecule has 1 aromatic heterocycles. The lowest BCUT2D eigenvalue weighted by Crippen LogP contribution is -2.25. The third kappa shape index (κ3) is 4.41. The highest BCUT2D eigenvalue weighted by Crippen LogP contribution is 2.37. The molecule has 0 radical (unpaired) electrons. The molecule has 0 aliphatic carbocycles. The fraction of sp³-hybridized carbons (Fsp3) is 0.500. The van der Waals surface area contributed by atoms with Gasteiger partial charge in [0.2, 0.25) is 0 Å². The predicted octanol–water partition coefficient (Wildman–Crippen LogP) is 3.15. The average Bonchev–Trinajstić information content (AvgIpc) is 2.55. The summed E-state index contributed by atoms with van der Waals surface area (Å²) < 4.78 is 79.7. The molecule has 140 valence electrons. The molecule has 0 aliphatic rings. The van der Waals surface area contributed by atoms with Crippen LogP contribution in [0, 0.1) is 0 Å². The number of methoxy groups -OCH3 is 2. The number of hydrogen-bond acceptors (Lipinski definition) is 6. The first-order chi connectivity index (χ1) is 11.6. The number of hydrogen-bond donors (Lipinski definition) is 0. The van der Waals surface area contributed by atoms with Gasteiger partial charge >= 0.3 is 18.1 Å². The van der Waals surface area contributed by atoms with Gasteiger partial charge in [-0.25, -0.2) is 23.4 Å². The van der Waals surface area contributed by atoms with Crippen LogP contribution in [0.5, 0.6) is 0 Å². The number of halogens is 5. The van der Waals surface area contributed by atoms with Gasteiger partial charge in [-0.1, -0.05) is 0 Å². The number of rotatable bonds is 6. The van der Waals surface area contributed by atoms with Crippen molar-refractivity contribution in [2.45, 2.75) is 26.1 Å². The molecule has 0 saturated carbocycles. The van der Waals surface area contributed by atoms with E-state index in [-0.39, 0.29) is 6.61 Å². The minimum absolute atomic E-state index is 0.0189. The summed E-state index contributed by atoms with van der Waals surface area (Å²) in [6.07, 6.45) is -8.77. The van der Waals surface area contributed by atoms with E-state index >= 15 is 0 Å². The van der Waals surface area contributed by atoms with E-state index in [1.54, 1.807) is 0 Å². The second kappa shape index (κ2) is 8.19. The van der Waals surface area contributed by atoms with Gasteiger partial charge in [0.25, 0.3) is 6.43 Å². The van der Waals surface area contributed by atoms with Crippen molar-refractivity contribution in [3.63, 3.8) is 0 Å². The summed E-state index contributed by atoms with van der Waals surface area (Å²) in [5.74, 6) is -2.88. The molecule has 0 spiro atoms. The van der Waals surface area contributed by atoms with Crippen molar-refractivity contribution in [1.82, 2.24) is 4.98 Å². The monoisotopic (exact) mass is 371 g/mol. The Hall–Kier alpha value is -2.30. The summed E-state index contributed by atoms with van der Waals surface area (Å²) in [6.45, 7) is 0.737. The average molecular weight is 371 g/mol. The first-order valence-corrected chi connectivity index (χ1v) is 6.76. The highest BCUT2D eigenvalue weighted by molar-refractivity contribution is 5.99. The summed E-state index contributed by atoms with van der Waals surface area (Å²) >= 11 is 0. The molecule has 25 heavy (non-hydrogen) atoms. The van der Waals surface area contributed by atoms with E-state index in [4.69, 9.17) is 4.74 Å². The predicted molar refractivity (Wildman–Crippen MR) is 72.2 cm³/mol. The third-order valence-electron chi connectivity index (χ3n) is 3.03. The number of carbonyl (C=O) groups is 2. The zero-order chi connectivity index (χ0) is 19.4. The second-order valence-corrected chi connectivity index (χ2v) is 4.49. The van der Waals surface area contributed by atoms with Crippen molar-refractivity contribution in [2.24, 2.45) is 0 Å². The van der Waals surface area contributed by atoms with Crippen LogP contribution in [0.25, 0.3) is 0 Å². The molecule has 1 aromatic rings. The Balaban J connectivity index is 3.98. The van der Waals surface area contributed by atoms with Gasteiger partial charge in [-0.2, -0.15) is 13.2 Å². The molecule has 0 atom stereocenters. The van der Waals surface area contributed by atoms with E-state index in [1.807, 2.05) is 0 Å². The fourth-order valence-corrected chi connectivity index (χ4v) is 2.02. The lowest BCUT2D eigenvalue weighted by atomic mass is 9.97. The van der Waals surface area contributed by atoms with Gasteiger partial charge in [-0.15, -0.1) is 0 Å². The molecule has 0 aromatic carbocycles. The van der Waals surface area contributed by atoms with Gasteiger partial charge in [0.05, 0.1) is 32.0 Å². The van der Waals surface area contributed by atoms with Gasteiger partial charge in [0.1, 0.15) is 5.69 Å². The molecular formula is C14H14F5NO5. The van der Waals surface area contributed by atoms with Crippen molar-refractivity contribution in [2.75, 3.05) is 20.8 Å². The Kier molecular flexibility index (Phi) is 6.79. The summed E-state index contributed by atoms with van der Waals surface area (Å²) in [5.41, 5.74) is -6.20. The summed E-state index contributed by atoms with van der Waals surface area (Å²) in [5, 5.41) is 0. The maximum absolute atomic E-state index is 13.2. The standard InChI is InChI=1S/C14H14F5NO5/c1-4-25-5-6-7(12(21)23-2)9(11(15)16)20-10(14(17,18)19)8(6)13(22)24-3/h11H,4-5H2,1-3H3. The SMILES string of the molecule is CCOCc1c(C(=O)OC)c(C(F)F)nc(C(F)(F)F)c1C(=O)OC. The number of esters is 2. The largest absolute Gasteiger partial charge is 0.465 e. The lowest BCUT2D eigenvalue weighted by Gasteiger charge is -2.20. The molecular weight excluding hydrogens is 357 g/mol. The molecule has 0 saturated heterocycles. The maximum atomic E-state index is 13.2. The van der Waals surface area contributed by atoms with Crippen molar-refractivity contribution in [3.05, 3.63) is 28.1 Å². The Bertz CT molecular complexity index is 660. The van der Waals surface area contributed by atoms with E-state index in [2.05, 4.69) is 14.5 Å². The molecule has 6 nitrogen and oxygen atoms in total. The van der Waals surface area contributed by atoms with E-state index < -0.39 is 59.2 Å². The van der Waals surface area contributed by atoms with Crippen LogP contribution in [0.4, 0.5) is 22.0 Å². The molecule has 11 heteroatoms. The van der Waals surface area contributed by atoms with Crippen LogP contribution in [0.3, 0.4) is 0 Å². The zero-order valence-corrected chi connectivity index (χ0v) is 13.4. The van der Waals surface area contributed by atoms with E-state index in [0.29, 0.717) is 0 Å². The third-order valence-corrected chi connectivity index (χ3v) is 3.03. The minimum Gasteiger partial charge on any atom is -0.465 e. The summed E-state index contributed by atoms with van der Waals surface area (Å²) in [4.78, 5) is 26.5. The van der Waals surface area contributed by atoms with Crippen LogP contribution in [-0.4, -0.2) is 37.7 Å². The van der Waals surface area contributed by atoms with Crippen LogP contribution in [0.1, 0.15) is 51.0 Å². The summed E-state index contributed by atoms with van der Waals surface area (Å²) in [7, 11) is 1.64. The summed E-state index contributed by atoms with van der Waals surface area (Å²) in [6, 6.07) is 0. The molecule has 0 aliphatic heterocycles. The van der Waals surface area contributed by atoms with Gasteiger partial charge in [-0.3, -0.25) is 0 Å². The zero-order valence-electron chi connectivity index (χ0n) is 13.4. The topological polar surface area (TPSA) is 74.7 Å². The number of pyridine rings is 1. The molecule has 1 rings (SSSR count). The first kappa shape index (κ1) is 20.7. The van der Waals surface area contributed by atoms with Crippen molar-refractivity contribution in [1.29, 1.82) is 0 Å². The number of ether oxygens (including phenoxy) is 3. The molecule has 0 unspecified atom stereocenters. The number of carbonyl (C=O) groups excluding carboxylic acids is 2. The van der Waals surface area contributed by atoms with Crippen molar-refractivity contribution in [3.8, 4) is 0 Å². The Morgan fingerprint density at radius 1 is 1.08 bits per heavy atom. The van der Waals surface area contributed by atoms with Crippen LogP contribution >= 0.6 is 0 Å². The molecule has 0 bridgehead atoms.